The molecule has 0 unspecified atom stereocenters. The zero-order valence-corrected chi connectivity index (χ0v) is 19.4. The molecule has 1 aromatic heterocycles. The van der Waals surface area contributed by atoms with Crippen LogP contribution in [0.15, 0.2) is 29.3 Å². The molecule has 32 heavy (non-hydrogen) atoms. The van der Waals surface area contributed by atoms with E-state index in [-0.39, 0.29) is 54.2 Å². The minimum Gasteiger partial charge on any atom is -0.351 e. The van der Waals surface area contributed by atoms with Crippen molar-refractivity contribution >= 4 is 27.5 Å². The van der Waals surface area contributed by atoms with E-state index >= 15 is 0 Å². The summed E-state index contributed by atoms with van der Waals surface area (Å²) in [5, 5.41) is 7.62. The van der Waals surface area contributed by atoms with Crippen LogP contribution in [-0.2, 0) is 26.0 Å². The van der Waals surface area contributed by atoms with Gasteiger partial charge in [0.25, 0.3) is 5.91 Å². The molecule has 1 amide bonds. The number of hydrogen-bond acceptors (Lipinski definition) is 7. The minimum atomic E-state index is -3.85. The number of carbonyl (C=O) groups is 1. The lowest BCUT2D eigenvalue weighted by molar-refractivity contribution is -0.145. The molecule has 13 heteroatoms. The smallest absolute Gasteiger partial charge is 0.276 e. The van der Waals surface area contributed by atoms with E-state index in [0.717, 1.165) is 12.1 Å². The summed E-state index contributed by atoms with van der Waals surface area (Å²) in [6.45, 7) is 5.49. The lowest BCUT2D eigenvalue weighted by Crippen LogP contribution is -2.50. The largest absolute Gasteiger partial charge is 0.351 e. The number of aromatic nitrogens is 3. The quantitative estimate of drug-likeness (QED) is 0.492. The summed E-state index contributed by atoms with van der Waals surface area (Å²) >= 11 is 5.72. The van der Waals surface area contributed by atoms with E-state index in [4.69, 9.17) is 21.1 Å². The maximum atomic E-state index is 13.4. The summed E-state index contributed by atoms with van der Waals surface area (Å²) in [5.74, 6) is -1.04. The second-order valence-corrected chi connectivity index (χ2v) is 9.28. The van der Waals surface area contributed by atoms with Gasteiger partial charge in [-0.1, -0.05) is 16.8 Å². The van der Waals surface area contributed by atoms with Gasteiger partial charge in [0.1, 0.15) is 5.82 Å². The van der Waals surface area contributed by atoms with E-state index in [1.807, 2.05) is 13.8 Å². The SMILES string of the molecule is CCOC(Cn1cc(C(=O)N2CCN(S(=O)(=O)c3ccc(F)c(Cl)c3)CC2)nn1)OCC. The van der Waals surface area contributed by atoms with Crippen LogP contribution >= 0.6 is 11.6 Å². The van der Waals surface area contributed by atoms with Gasteiger partial charge in [-0.05, 0) is 32.0 Å². The van der Waals surface area contributed by atoms with E-state index in [1.54, 1.807) is 0 Å². The third kappa shape index (κ3) is 5.62. The van der Waals surface area contributed by atoms with Gasteiger partial charge in [-0.25, -0.2) is 17.5 Å². The number of benzene rings is 1. The molecule has 0 atom stereocenters. The fraction of sp³-hybridized carbons (Fsp3) is 0.526. The number of amides is 1. The van der Waals surface area contributed by atoms with Gasteiger partial charge in [-0.2, -0.15) is 4.31 Å². The number of halogens is 2. The van der Waals surface area contributed by atoms with Gasteiger partial charge in [0.2, 0.25) is 10.0 Å². The predicted molar refractivity (Wildman–Crippen MR) is 113 cm³/mol. The van der Waals surface area contributed by atoms with Crippen molar-refractivity contribution in [2.75, 3.05) is 39.4 Å². The molecule has 2 heterocycles. The number of carbonyl (C=O) groups excluding carboxylic acids is 1. The average molecular weight is 490 g/mol. The number of piperazine rings is 1. The molecule has 1 fully saturated rings. The first-order valence-corrected chi connectivity index (χ1v) is 12.0. The number of hydrogen-bond donors (Lipinski definition) is 0. The van der Waals surface area contributed by atoms with Crippen molar-refractivity contribution in [3.8, 4) is 0 Å². The highest BCUT2D eigenvalue weighted by atomic mass is 35.5. The van der Waals surface area contributed by atoms with E-state index < -0.39 is 22.1 Å². The molecule has 0 N–H and O–H groups in total. The second-order valence-electron chi connectivity index (χ2n) is 6.94. The lowest BCUT2D eigenvalue weighted by atomic mass is 10.3. The van der Waals surface area contributed by atoms with E-state index in [2.05, 4.69) is 10.3 Å². The van der Waals surface area contributed by atoms with Crippen molar-refractivity contribution < 1.29 is 27.1 Å². The fourth-order valence-electron chi connectivity index (χ4n) is 3.24. The van der Waals surface area contributed by atoms with Crippen molar-refractivity contribution in [1.82, 2.24) is 24.2 Å². The molecule has 10 nitrogen and oxygen atoms in total. The molecule has 2 aromatic rings. The van der Waals surface area contributed by atoms with Crippen molar-refractivity contribution in [2.24, 2.45) is 0 Å². The van der Waals surface area contributed by atoms with Gasteiger partial charge < -0.3 is 14.4 Å². The maximum Gasteiger partial charge on any atom is 0.276 e. The van der Waals surface area contributed by atoms with Crippen LogP contribution in [0.5, 0.6) is 0 Å². The average Bonchev–Trinajstić information content (AvgIpc) is 3.24. The van der Waals surface area contributed by atoms with Gasteiger partial charge in [-0.15, -0.1) is 5.10 Å². The first kappa shape index (κ1) is 24.5. The summed E-state index contributed by atoms with van der Waals surface area (Å²) in [7, 11) is -3.85. The first-order chi connectivity index (χ1) is 15.3. The third-order valence-corrected chi connectivity index (χ3v) is 7.04. The molecule has 1 saturated heterocycles. The zero-order chi connectivity index (χ0) is 23.3. The van der Waals surface area contributed by atoms with E-state index in [1.165, 1.54) is 26.2 Å². The molecule has 0 saturated carbocycles. The fourth-order valence-corrected chi connectivity index (χ4v) is 4.94. The zero-order valence-electron chi connectivity index (χ0n) is 17.8. The van der Waals surface area contributed by atoms with E-state index in [9.17, 15) is 17.6 Å². The Morgan fingerprint density at radius 1 is 1.19 bits per heavy atom. The summed E-state index contributed by atoms with van der Waals surface area (Å²) in [6, 6.07) is 3.27. The second kappa shape index (κ2) is 10.7. The van der Waals surface area contributed by atoms with E-state index in [0.29, 0.717) is 13.2 Å². The van der Waals surface area contributed by atoms with Crippen LogP contribution < -0.4 is 0 Å². The Hall–Kier alpha value is -2.12. The molecule has 0 aliphatic carbocycles. The number of ether oxygens (including phenoxy) is 2. The molecule has 1 aliphatic rings. The van der Waals surface area contributed by atoms with Crippen LogP contribution in [0.25, 0.3) is 0 Å². The molecule has 0 spiro atoms. The Kier molecular flexibility index (Phi) is 8.17. The van der Waals surface area contributed by atoms with Gasteiger partial charge >= 0.3 is 0 Å². The summed E-state index contributed by atoms with van der Waals surface area (Å²) in [6.07, 6.45) is 1.01. The topological polar surface area (TPSA) is 107 Å². The molecule has 3 rings (SSSR count). The minimum absolute atomic E-state index is 0.0912. The van der Waals surface area contributed by atoms with Crippen LogP contribution in [0.3, 0.4) is 0 Å². The molecule has 176 valence electrons. The maximum absolute atomic E-state index is 13.4. The number of rotatable bonds is 9. The Labute approximate surface area is 190 Å². The highest BCUT2D eigenvalue weighted by Gasteiger charge is 2.31. The van der Waals surface area contributed by atoms with Crippen molar-refractivity contribution in [2.45, 2.75) is 31.6 Å². The van der Waals surface area contributed by atoms with Gasteiger partial charge in [0.05, 0.1) is 22.7 Å². The Balaban J connectivity index is 1.61. The third-order valence-electron chi connectivity index (χ3n) is 4.85. The number of nitrogens with zero attached hydrogens (tertiary/aromatic N) is 5. The first-order valence-electron chi connectivity index (χ1n) is 10.1. The molecule has 1 aromatic carbocycles. The number of sulfonamides is 1. The summed E-state index contributed by atoms with van der Waals surface area (Å²) in [4.78, 5) is 14.2. The van der Waals surface area contributed by atoms with Gasteiger partial charge in [0.15, 0.2) is 12.0 Å². The Morgan fingerprint density at radius 3 is 2.44 bits per heavy atom. The Bertz CT molecular complexity index is 1040. The highest BCUT2D eigenvalue weighted by Crippen LogP contribution is 2.23. The van der Waals surface area contributed by atoms with Crippen molar-refractivity contribution in [3.63, 3.8) is 0 Å². The molecular formula is C19H25ClFN5O5S. The molecule has 0 bridgehead atoms. The van der Waals surface area contributed by atoms with Crippen LogP contribution in [0, 0.1) is 5.82 Å². The predicted octanol–water partition coefficient (Wildman–Crippen LogP) is 1.62. The lowest BCUT2D eigenvalue weighted by Gasteiger charge is -2.33. The van der Waals surface area contributed by atoms with Crippen LogP contribution in [0.1, 0.15) is 24.3 Å². The van der Waals surface area contributed by atoms with Crippen molar-refractivity contribution in [3.05, 3.63) is 40.9 Å². The standard InChI is InChI=1S/C19H25ClFN5O5S/c1-3-30-18(31-4-2)13-25-12-17(22-23-25)19(27)24-7-9-26(10-8-24)32(28,29)14-5-6-16(21)15(20)11-14/h5-6,11-12,18H,3-4,7-10,13H2,1-2H3. The van der Waals surface area contributed by atoms with Crippen LogP contribution in [-0.4, -0.2) is 84.2 Å². The van der Waals surface area contributed by atoms with Crippen LogP contribution in [0.2, 0.25) is 5.02 Å². The van der Waals surface area contributed by atoms with Gasteiger partial charge in [-0.3, -0.25) is 4.79 Å². The van der Waals surface area contributed by atoms with Crippen LogP contribution in [0.4, 0.5) is 4.39 Å². The highest BCUT2D eigenvalue weighted by molar-refractivity contribution is 7.89. The summed E-state index contributed by atoms with van der Waals surface area (Å²) in [5.41, 5.74) is 0.151. The molecule has 0 radical (unpaired) electrons. The van der Waals surface area contributed by atoms with Crippen molar-refractivity contribution in [1.29, 1.82) is 0 Å². The summed E-state index contributed by atoms with van der Waals surface area (Å²) < 4.78 is 52.6. The molecule has 1 aliphatic heterocycles. The van der Waals surface area contributed by atoms with Gasteiger partial charge in [0, 0.05) is 39.4 Å². The molecular weight excluding hydrogens is 465 g/mol. The normalized spacial score (nSPS) is 15.5. The Morgan fingerprint density at radius 2 is 1.84 bits per heavy atom. The monoisotopic (exact) mass is 489 g/mol.